The van der Waals surface area contributed by atoms with Gasteiger partial charge in [-0.25, -0.2) is 4.79 Å². The summed E-state index contributed by atoms with van der Waals surface area (Å²) in [6.07, 6.45) is 0. The Labute approximate surface area is 120 Å². The standard InChI is InChI=1S/C13H15NO7/c1-4-20-13(16)7-21-12-6-10(14(17)18)9(8(2)15)5-11(12)19-3/h5-6H,4,7H2,1-3H3. The van der Waals surface area contributed by atoms with Crippen LogP contribution in [0.1, 0.15) is 24.2 Å². The van der Waals surface area contributed by atoms with Crippen molar-refractivity contribution >= 4 is 17.4 Å². The predicted octanol–water partition coefficient (Wildman–Crippen LogP) is 1.75. The number of nitro benzene ring substituents is 1. The minimum atomic E-state index is -0.701. The van der Waals surface area contributed by atoms with Crippen molar-refractivity contribution in [1.82, 2.24) is 0 Å². The fourth-order valence-corrected chi connectivity index (χ4v) is 1.59. The first-order valence-corrected chi connectivity index (χ1v) is 6.06. The summed E-state index contributed by atoms with van der Waals surface area (Å²) in [5.41, 5.74) is -0.512. The van der Waals surface area contributed by atoms with E-state index in [2.05, 4.69) is 4.74 Å². The number of hydrogen-bond donors (Lipinski definition) is 0. The maximum absolute atomic E-state index is 11.4. The van der Waals surface area contributed by atoms with Gasteiger partial charge in [0.1, 0.15) is 0 Å². The van der Waals surface area contributed by atoms with Gasteiger partial charge in [0.05, 0.1) is 30.3 Å². The molecule has 0 heterocycles. The highest BCUT2D eigenvalue weighted by atomic mass is 16.6. The number of benzene rings is 1. The molecule has 0 saturated heterocycles. The van der Waals surface area contributed by atoms with Crippen molar-refractivity contribution in [2.24, 2.45) is 0 Å². The molecule has 0 bridgehead atoms. The molecule has 0 amide bonds. The number of Topliss-reactive ketones (excluding diaryl/α,β-unsaturated/α-hetero) is 1. The van der Waals surface area contributed by atoms with Gasteiger partial charge in [-0.1, -0.05) is 0 Å². The predicted molar refractivity (Wildman–Crippen MR) is 71.8 cm³/mol. The molecule has 21 heavy (non-hydrogen) atoms. The van der Waals surface area contributed by atoms with Crippen molar-refractivity contribution in [3.05, 3.63) is 27.8 Å². The van der Waals surface area contributed by atoms with Crippen molar-refractivity contribution in [3.63, 3.8) is 0 Å². The number of rotatable bonds is 7. The van der Waals surface area contributed by atoms with Gasteiger partial charge in [-0.05, 0) is 13.8 Å². The number of nitro groups is 1. The number of esters is 1. The Hall–Kier alpha value is -2.64. The molecular weight excluding hydrogens is 282 g/mol. The second-order valence-corrected chi connectivity index (χ2v) is 3.93. The first kappa shape index (κ1) is 16.4. The van der Waals surface area contributed by atoms with E-state index in [-0.39, 0.29) is 23.7 Å². The summed E-state index contributed by atoms with van der Waals surface area (Å²) in [5, 5.41) is 11.0. The highest BCUT2D eigenvalue weighted by Crippen LogP contribution is 2.34. The number of carbonyl (C=O) groups excluding carboxylic acids is 2. The second kappa shape index (κ2) is 7.22. The van der Waals surface area contributed by atoms with E-state index in [0.717, 1.165) is 6.07 Å². The first-order chi connectivity index (χ1) is 9.90. The van der Waals surface area contributed by atoms with Crippen molar-refractivity contribution in [2.75, 3.05) is 20.3 Å². The maximum Gasteiger partial charge on any atom is 0.344 e. The van der Waals surface area contributed by atoms with Crippen LogP contribution in [0.2, 0.25) is 0 Å². The van der Waals surface area contributed by atoms with Gasteiger partial charge in [0.2, 0.25) is 0 Å². The van der Waals surface area contributed by atoms with Crippen molar-refractivity contribution < 1.29 is 28.7 Å². The molecule has 114 valence electrons. The summed E-state index contributed by atoms with van der Waals surface area (Å²) >= 11 is 0. The van der Waals surface area contributed by atoms with E-state index in [9.17, 15) is 19.7 Å². The minimum absolute atomic E-state index is 0.0118. The molecule has 1 aromatic rings. The molecule has 8 nitrogen and oxygen atoms in total. The molecule has 0 aliphatic heterocycles. The van der Waals surface area contributed by atoms with E-state index in [1.54, 1.807) is 6.92 Å². The maximum atomic E-state index is 11.4. The van der Waals surface area contributed by atoms with E-state index in [1.165, 1.54) is 20.1 Å². The molecule has 8 heteroatoms. The summed E-state index contributed by atoms with van der Waals surface area (Å²) in [4.78, 5) is 32.9. The van der Waals surface area contributed by atoms with Crippen LogP contribution < -0.4 is 9.47 Å². The summed E-state index contributed by atoms with van der Waals surface area (Å²) < 4.78 is 14.8. The van der Waals surface area contributed by atoms with Crippen molar-refractivity contribution in [3.8, 4) is 11.5 Å². The highest BCUT2D eigenvalue weighted by molar-refractivity contribution is 5.99. The molecule has 0 spiro atoms. The molecular formula is C13H15NO7. The van der Waals surface area contributed by atoms with Crippen LogP contribution in [0.15, 0.2) is 12.1 Å². The van der Waals surface area contributed by atoms with Crippen LogP contribution in [0.25, 0.3) is 0 Å². The second-order valence-electron chi connectivity index (χ2n) is 3.93. The number of hydrogen-bond acceptors (Lipinski definition) is 7. The fourth-order valence-electron chi connectivity index (χ4n) is 1.59. The fraction of sp³-hybridized carbons (Fsp3) is 0.385. The molecule has 0 N–H and O–H groups in total. The third-order valence-electron chi connectivity index (χ3n) is 2.51. The Morgan fingerprint density at radius 1 is 1.29 bits per heavy atom. The van der Waals surface area contributed by atoms with Crippen LogP contribution in [0.3, 0.4) is 0 Å². The van der Waals surface area contributed by atoms with Gasteiger partial charge in [0, 0.05) is 6.07 Å². The molecule has 1 rings (SSSR count). The van der Waals surface area contributed by atoms with Gasteiger partial charge in [0.15, 0.2) is 23.9 Å². The first-order valence-electron chi connectivity index (χ1n) is 6.06. The normalized spacial score (nSPS) is 9.86. The molecule has 0 aromatic heterocycles. The third-order valence-corrected chi connectivity index (χ3v) is 2.51. The largest absolute Gasteiger partial charge is 0.493 e. The summed E-state index contributed by atoms with van der Waals surface area (Å²) in [7, 11) is 1.32. The van der Waals surface area contributed by atoms with Gasteiger partial charge >= 0.3 is 5.97 Å². The summed E-state index contributed by atoms with van der Waals surface area (Å²) in [6, 6.07) is 2.26. The number of nitrogens with zero attached hydrogens (tertiary/aromatic N) is 1. The minimum Gasteiger partial charge on any atom is -0.493 e. The lowest BCUT2D eigenvalue weighted by Gasteiger charge is -2.11. The zero-order valence-electron chi connectivity index (χ0n) is 11.9. The highest BCUT2D eigenvalue weighted by Gasteiger charge is 2.23. The quantitative estimate of drug-likeness (QED) is 0.326. The van der Waals surface area contributed by atoms with Crippen molar-refractivity contribution in [1.29, 1.82) is 0 Å². The molecule has 0 fully saturated rings. The number of carbonyl (C=O) groups is 2. The Morgan fingerprint density at radius 3 is 2.43 bits per heavy atom. The molecule has 0 atom stereocenters. The van der Waals surface area contributed by atoms with E-state index in [4.69, 9.17) is 9.47 Å². The molecule has 0 aliphatic carbocycles. The van der Waals surface area contributed by atoms with Crippen LogP contribution in [-0.4, -0.2) is 37.0 Å². The topological polar surface area (TPSA) is 105 Å². The molecule has 0 radical (unpaired) electrons. The zero-order chi connectivity index (χ0) is 16.0. The lowest BCUT2D eigenvalue weighted by atomic mass is 10.1. The van der Waals surface area contributed by atoms with Gasteiger partial charge in [-0.15, -0.1) is 0 Å². The Bertz CT molecular complexity index is 568. The van der Waals surface area contributed by atoms with Crippen LogP contribution in [0.4, 0.5) is 5.69 Å². The smallest absolute Gasteiger partial charge is 0.344 e. The van der Waals surface area contributed by atoms with Crippen LogP contribution in [0, 0.1) is 10.1 Å². The average Bonchev–Trinajstić information content (AvgIpc) is 2.44. The number of methoxy groups -OCH3 is 1. The SMILES string of the molecule is CCOC(=O)COc1cc([N+](=O)[O-])c(C(C)=O)cc1OC. The average molecular weight is 297 g/mol. The summed E-state index contributed by atoms with van der Waals surface area (Å²) in [6.45, 7) is 2.63. The van der Waals surface area contributed by atoms with E-state index < -0.39 is 29.0 Å². The lowest BCUT2D eigenvalue weighted by Crippen LogP contribution is -2.15. The summed E-state index contributed by atoms with van der Waals surface area (Å²) in [5.74, 6) is -0.979. The Kier molecular flexibility index (Phi) is 5.65. The van der Waals surface area contributed by atoms with Crippen molar-refractivity contribution in [2.45, 2.75) is 13.8 Å². The van der Waals surface area contributed by atoms with Gasteiger partial charge in [-0.2, -0.15) is 0 Å². The molecule has 1 aromatic carbocycles. The van der Waals surface area contributed by atoms with Gasteiger partial charge in [0.25, 0.3) is 5.69 Å². The van der Waals surface area contributed by atoms with E-state index in [0.29, 0.717) is 0 Å². The Balaban J connectivity index is 3.13. The molecule has 0 aliphatic rings. The van der Waals surface area contributed by atoms with Gasteiger partial charge < -0.3 is 14.2 Å². The Morgan fingerprint density at radius 2 is 1.95 bits per heavy atom. The van der Waals surface area contributed by atoms with Crippen LogP contribution >= 0.6 is 0 Å². The van der Waals surface area contributed by atoms with E-state index in [1.807, 2.05) is 0 Å². The zero-order valence-corrected chi connectivity index (χ0v) is 11.9. The molecule has 0 unspecified atom stereocenters. The monoisotopic (exact) mass is 297 g/mol. The van der Waals surface area contributed by atoms with Gasteiger partial charge in [-0.3, -0.25) is 14.9 Å². The van der Waals surface area contributed by atoms with E-state index >= 15 is 0 Å². The van der Waals surface area contributed by atoms with Crippen LogP contribution in [-0.2, 0) is 9.53 Å². The lowest BCUT2D eigenvalue weighted by molar-refractivity contribution is -0.385. The third kappa shape index (κ3) is 4.16. The molecule has 0 saturated carbocycles. The number of ether oxygens (including phenoxy) is 3. The van der Waals surface area contributed by atoms with Crippen LogP contribution in [0.5, 0.6) is 11.5 Å². The number of ketones is 1.